The standard InChI is InChI=1S/C17H18ClFN2O/c1-11(13-6-4-3-5-7-13)20-12(2)17(22)21-14-8-9-16(19)15(18)10-14/h3-12,20H,1-2H3,(H,21,22)/t11-,12-/m0/s1. The van der Waals surface area contributed by atoms with Gasteiger partial charge in [0.05, 0.1) is 11.1 Å². The Kier molecular flexibility index (Phi) is 5.52. The van der Waals surface area contributed by atoms with Crippen LogP contribution in [0.5, 0.6) is 0 Å². The summed E-state index contributed by atoms with van der Waals surface area (Å²) in [5.74, 6) is -0.714. The van der Waals surface area contributed by atoms with Gasteiger partial charge in [0.1, 0.15) is 5.82 Å². The molecule has 2 aromatic carbocycles. The van der Waals surface area contributed by atoms with Crippen LogP contribution in [0.25, 0.3) is 0 Å². The third kappa shape index (κ3) is 4.29. The number of anilines is 1. The van der Waals surface area contributed by atoms with Crippen LogP contribution in [-0.2, 0) is 4.79 Å². The van der Waals surface area contributed by atoms with Crippen LogP contribution in [0.15, 0.2) is 48.5 Å². The Hall–Kier alpha value is -1.91. The van der Waals surface area contributed by atoms with E-state index in [2.05, 4.69) is 10.6 Å². The van der Waals surface area contributed by atoms with E-state index in [1.54, 1.807) is 6.92 Å². The van der Waals surface area contributed by atoms with Crippen LogP contribution in [-0.4, -0.2) is 11.9 Å². The van der Waals surface area contributed by atoms with Crippen molar-refractivity contribution in [1.29, 1.82) is 0 Å². The van der Waals surface area contributed by atoms with Crippen LogP contribution in [0, 0.1) is 5.82 Å². The SMILES string of the molecule is C[C@H](N[C@@H](C)c1ccccc1)C(=O)Nc1ccc(F)c(Cl)c1. The molecule has 0 spiro atoms. The summed E-state index contributed by atoms with van der Waals surface area (Å²) in [6.07, 6.45) is 0. The van der Waals surface area contributed by atoms with Crippen LogP contribution in [0.1, 0.15) is 25.5 Å². The number of rotatable bonds is 5. The Morgan fingerprint density at radius 1 is 1.14 bits per heavy atom. The first-order valence-electron chi connectivity index (χ1n) is 7.04. The van der Waals surface area contributed by atoms with Crippen LogP contribution in [0.2, 0.25) is 5.02 Å². The number of nitrogens with one attached hydrogen (secondary N) is 2. The van der Waals surface area contributed by atoms with Crippen molar-refractivity contribution in [3.05, 3.63) is 64.9 Å². The second kappa shape index (κ2) is 7.38. The topological polar surface area (TPSA) is 41.1 Å². The van der Waals surface area contributed by atoms with Crippen LogP contribution >= 0.6 is 11.6 Å². The highest BCUT2D eigenvalue weighted by Gasteiger charge is 2.16. The average Bonchev–Trinajstić information content (AvgIpc) is 2.51. The summed E-state index contributed by atoms with van der Waals surface area (Å²) in [6, 6.07) is 13.6. The van der Waals surface area contributed by atoms with Gasteiger partial charge in [-0.3, -0.25) is 10.1 Å². The molecule has 2 rings (SSSR count). The maximum Gasteiger partial charge on any atom is 0.241 e. The Balaban J connectivity index is 1.95. The molecular weight excluding hydrogens is 303 g/mol. The molecule has 0 heterocycles. The largest absolute Gasteiger partial charge is 0.325 e. The Bertz CT molecular complexity index is 648. The predicted molar refractivity (Wildman–Crippen MR) is 87.5 cm³/mol. The number of carbonyl (C=O) groups excluding carboxylic acids is 1. The van der Waals surface area contributed by atoms with Gasteiger partial charge in [-0.25, -0.2) is 4.39 Å². The van der Waals surface area contributed by atoms with Gasteiger partial charge in [0.15, 0.2) is 0 Å². The molecule has 0 bridgehead atoms. The van der Waals surface area contributed by atoms with Gasteiger partial charge < -0.3 is 5.32 Å². The second-order valence-electron chi connectivity index (χ2n) is 5.14. The summed E-state index contributed by atoms with van der Waals surface area (Å²) < 4.78 is 13.1. The predicted octanol–water partition coefficient (Wildman–Crippen LogP) is 4.16. The molecule has 22 heavy (non-hydrogen) atoms. The van der Waals surface area contributed by atoms with E-state index in [0.29, 0.717) is 5.69 Å². The molecule has 0 unspecified atom stereocenters. The van der Waals surface area contributed by atoms with E-state index in [9.17, 15) is 9.18 Å². The van der Waals surface area contributed by atoms with Crippen molar-refractivity contribution in [2.45, 2.75) is 25.9 Å². The number of benzene rings is 2. The van der Waals surface area contributed by atoms with Gasteiger partial charge in [0.25, 0.3) is 0 Å². The van der Waals surface area contributed by atoms with Crippen LogP contribution < -0.4 is 10.6 Å². The Labute approximate surface area is 134 Å². The van der Waals surface area contributed by atoms with Crippen molar-refractivity contribution in [3.8, 4) is 0 Å². The number of amides is 1. The summed E-state index contributed by atoms with van der Waals surface area (Å²) in [4.78, 5) is 12.2. The highest BCUT2D eigenvalue weighted by Crippen LogP contribution is 2.19. The monoisotopic (exact) mass is 320 g/mol. The van der Waals surface area contributed by atoms with E-state index >= 15 is 0 Å². The first-order valence-corrected chi connectivity index (χ1v) is 7.42. The Morgan fingerprint density at radius 2 is 1.82 bits per heavy atom. The maximum absolute atomic E-state index is 13.1. The third-order valence-corrected chi connectivity index (χ3v) is 3.67. The van der Waals surface area contributed by atoms with Gasteiger partial charge in [-0.2, -0.15) is 0 Å². The maximum atomic E-state index is 13.1. The fourth-order valence-electron chi connectivity index (χ4n) is 2.11. The number of carbonyl (C=O) groups is 1. The van der Waals surface area contributed by atoms with E-state index in [1.807, 2.05) is 37.3 Å². The molecule has 2 N–H and O–H groups in total. The molecule has 0 fully saturated rings. The molecule has 3 nitrogen and oxygen atoms in total. The van der Waals surface area contributed by atoms with Gasteiger partial charge in [0, 0.05) is 11.7 Å². The minimum Gasteiger partial charge on any atom is -0.325 e. The third-order valence-electron chi connectivity index (χ3n) is 3.38. The molecule has 1 amide bonds. The summed E-state index contributed by atoms with van der Waals surface area (Å²) in [5, 5.41) is 5.92. The average molecular weight is 321 g/mol. The minimum atomic E-state index is -0.511. The number of hydrogen-bond acceptors (Lipinski definition) is 2. The summed E-state index contributed by atoms with van der Waals surface area (Å²) >= 11 is 5.70. The molecule has 0 aliphatic rings. The zero-order valence-corrected chi connectivity index (χ0v) is 13.2. The smallest absolute Gasteiger partial charge is 0.241 e. The van der Waals surface area contributed by atoms with Gasteiger partial charge in [-0.1, -0.05) is 41.9 Å². The zero-order chi connectivity index (χ0) is 16.1. The molecule has 0 saturated carbocycles. The van der Waals surface area contributed by atoms with Crippen molar-refractivity contribution in [2.75, 3.05) is 5.32 Å². The van der Waals surface area contributed by atoms with E-state index in [1.165, 1.54) is 18.2 Å². The van der Waals surface area contributed by atoms with Crippen molar-refractivity contribution < 1.29 is 9.18 Å². The molecule has 0 aromatic heterocycles. The highest BCUT2D eigenvalue weighted by atomic mass is 35.5. The fourth-order valence-corrected chi connectivity index (χ4v) is 2.29. The van der Waals surface area contributed by atoms with Crippen LogP contribution in [0.3, 0.4) is 0 Å². The number of hydrogen-bond donors (Lipinski definition) is 2. The molecule has 2 atom stereocenters. The Morgan fingerprint density at radius 3 is 2.45 bits per heavy atom. The molecule has 5 heteroatoms. The lowest BCUT2D eigenvalue weighted by Gasteiger charge is -2.20. The van der Waals surface area contributed by atoms with E-state index in [0.717, 1.165) is 5.56 Å². The summed E-state index contributed by atoms with van der Waals surface area (Å²) in [7, 11) is 0. The van der Waals surface area contributed by atoms with Crippen molar-refractivity contribution in [2.24, 2.45) is 0 Å². The molecule has 116 valence electrons. The highest BCUT2D eigenvalue weighted by molar-refractivity contribution is 6.31. The quantitative estimate of drug-likeness (QED) is 0.868. The first kappa shape index (κ1) is 16.5. The molecular formula is C17H18ClFN2O. The van der Waals surface area contributed by atoms with E-state index < -0.39 is 11.9 Å². The fraction of sp³-hybridized carbons (Fsp3) is 0.235. The van der Waals surface area contributed by atoms with Crippen molar-refractivity contribution >= 4 is 23.2 Å². The van der Waals surface area contributed by atoms with Gasteiger partial charge in [-0.15, -0.1) is 0 Å². The minimum absolute atomic E-state index is 0.0175. The van der Waals surface area contributed by atoms with Crippen molar-refractivity contribution in [3.63, 3.8) is 0 Å². The van der Waals surface area contributed by atoms with Gasteiger partial charge >= 0.3 is 0 Å². The molecule has 0 saturated heterocycles. The van der Waals surface area contributed by atoms with Crippen molar-refractivity contribution in [1.82, 2.24) is 5.32 Å². The molecule has 0 aliphatic heterocycles. The van der Waals surface area contributed by atoms with E-state index in [-0.39, 0.29) is 17.0 Å². The normalized spacial score (nSPS) is 13.5. The molecule has 2 aromatic rings. The lowest BCUT2D eigenvalue weighted by atomic mass is 10.1. The molecule has 0 aliphatic carbocycles. The molecule has 0 radical (unpaired) electrons. The lowest BCUT2D eigenvalue weighted by Crippen LogP contribution is -2.39. The van der Waals surface area contributed by atoms with E-state index in [4.69, 9.17) is 11.6 Å². The lowest BCUT2D eigenvalue weighted by molar-refractivity contribution is -0.117. The second-order valence-corrected chi connectivity index (χ2v) is 5.55. The number of halogens is 2. The van der Waals surface area contributed by atoms with Gasteiger partial charge in [0.2, 0.25) is 5.91 Å². The summed E-state index contributed by atoms with van der Waals surface area (Å²) in [5.41, 5.74) is 1.57. The summed E-state index contributed by atoms with van der Waals surface area (Å²) in [6.45, 7) is 3.77. The van der Waals surface area contributed by atoms with Gasteiger partial charge in [-0.05, 0) is 37.6 Å². The zero-order valence-electron chi connectivity index (χ0n) is 12.4. The first-order chi connectivity index (χ1) is 10.5. The van der Waals surface area contributed by atoms with Crippen LogP contribution in [0.4, 0.5) is 10.1 Å².